The first kappa shape index (κ1) is 28.1. The van der Waals surface area contributed by atoms with Crippen LogP contribution in [0, 0.1) is 12.7 Å². The van der Waals surface area contributed by atoms with Crippen molar-refractivity contribution in [2.45, 2.75) is 71.4 Å². The second-order valence-corrected chi connectivity index (χ2v) is 17.3. The predicted octanol–water partition coefficient (Wildman–Crippen LogP) is 5.97. The lowest BCUT2D eigenvalue weighted by atomic mass is 9.90. The van der Waals surface area contributed by atoms with Crippen LogP contribution in [0.3, 0.4) is 0 Å². The average molecular weight is 511 g/mol. The number of amides is 1. The Morgan fingerprint density at radius 2 is 1.91 bits per heavy atom. The fraction of sp³-hybridized carbons (Fsp3) is 0.542. The van der Waals surface area contributed by atoms with Crippen LogP contribution in [-0.4, -0.2) is 54.2 Å². The molecule has 1 amide bonds. The number of hydrogen-bond acceptors (Lipinski definition) is 6. The van der Waals surface area contributed by atoms with Gasteiger partial charge in [0.2, 0.25) is 0 Å². The molecule has 34 heavy (non-hydrogen) atoms. The molecule has 1 aromatic carbocycles. The van der Waals surface area contributed by atoms with E-state index < -0.39 is 37.1 Å². The van der Waals surface area contributed by atoms with Crippen molar-refractivity contribution in [1.82, 2.24) is 4.90 Å². The van der Waals surface area contributed by atoms with Crippen LogP contribution in [0.25, 0.3) is 0 Å². The predicted molar refractivity (Wildman–Crippen MR) is 136 cm³/mol. The normalized spacial score (nSPS) is 18.7. The number of carboxylic acids is 1. The molecule has 188 valence electrons. The Morgan fingerprint density at radius 3 is 2.47 bits per heavy atom. The molecule has 10 heteroatoms. The van der Waals surface area contributed by atoms with Crippen LogP contribution in [0.1, 0.15) is 38.8 Å². The molecule has 1 heterocycles. The van der Waals surface area contributed by atoms with Crippen LogP contribution in [0.4, 0.5) is 9.18 Å². The summed E-state index contributed by atoms with van der Waals surface area (Å²) >= 11 is 0.816. The number of aliphatic carboxylic acids is 1. The molecule has 1 N–H and O–H groups in total. The van der Waals surface area contributed by atoms with Crippen molar-refractivity contribution in [3.05, 3.63) is 46.1 Å². The van der Waals surface area contributed by atoms with E-state index in [0.717, 1.165) is 17.8 Å². The number of carbonyl (C=O) groups is 2. The highest BCUT2D eigenvalue weighted by Crippen LogP contribution is 2.40. The molecule has 1 aliphatic rings. The number of nitrogens with zero attached hydrogens (tertiary/aromatic N) is 2. The number of aryl methyl sites for hydroxylation is 1. The summed E-state index contributed by atoms with van der Waals surface area (Å²) in [6.07, 6.45) is 0.686. The molecule has 0 saturated carbocycles. The van der Waals surface area contributed by atoms with Crippen LogP contribution in [-0.2, 0) is 19.8 Å². The van der Waals surface area contributed by atoms with Gasteiger partial charge in [0.15, 0.2) is 5.17 Å². The third kappa shape index (κ3) is 7.68. The van der Waals surface area contributed by atoms with Crippen molar-refractivity contribution >= 4 is 37.1 Å². The molecule has 1 aliphatic heterocycles. The molecule has 0 bridgehead atoms. The monoisotopic (exact) mass is 510 g/mol. The summed E-state index contributed by atoms with van der Waals surface area (Å²) in [4.78, 5) is 30.8. The zero-order chi connectivity index (χ0) is 25.9. The summed E-state index contributed by atoms with van der Waals surface area (Å²) in [5.74, 6) is -1.67. The van der Waals surface area contributed by atoms with Gasteiger partial charge in [-0.2, -0.15) is 0 Å². The number of ether oxygens (including phenoxy) is 2. The SMILES string of the molecule is Cc1cccc([C@]2(C)C=C(C(=O)O)SC(N(COCC[Si](C)(C)C)C(=O)OC(C)(C)C)=N2)c1F. The second-order valence-electron chi connectivity index (χ2n) is 10.7. The van der Waals surface area contributed by atoms with Crippen molar-refractivity contribution in [3.8, 4) is 0 Å². The number of hydrogen-bond donors (Lipinski definition) is 1. The summed E-state index contributed by atoms with van der Waals surface area (Å²) < 4.78 is 26.4. The molecular formula is C24H35FN2O5SSi. The quantitative estimate of drug-likeness (QED) is 0.276. The highest BCUT2D eigenvalue weighted by molar-refractivity contribution is 8.17. The van der Waals surface area contributed by atoms with Gasteiger partial charge in [-0.3, -0.25) is 0 Å². The largest absolute Gasteiger partial charge is 0.477 e. The van der Waals surface area contributed by atoms with Crippen molar-refractivity contribution in [1.29, 1.82) is 0 Å². The summed E-state index contributed by atoms with van der Waals surface area (Å²) in [6, 6.07) is 5.78. The summed E-state index contributed by atoms with van der Waals surface area (Å²) in [5, 5.41) is 9.84. The minimum atomic E-state index is -1.36. The average Bonchev–Trinajstić information content (AvgIpc) is 2.67. The maximum Gasteiger partial charge on any atom is 0.418 e. The van der Waals surface area contributed by atoms with E-state index in [2.05, 4.69) is 24.6 Å². The van der Waals surface area contributed by atoms with E-state index in [-0.39, 0.29) is 22.4 Å². The topological polar surface area (TPSA) is 88.4 Å². The van der Waals surface area contributed by atoms with Gasteiger partial charge in [-0.15, -0.1) is 0 Å². The lowest BCUT2D eigenvalue weighted by molar-refractivity contribution is -0.131. The molecule has 0 fully saturated rings. The van der Waals surface area contributed by atoms with Gasteiger partial charge in [-0.25, -0.2) is 23.9 Å². The number of carbonyl (C=O) groups excluding carboxylic acids is 1. The zero-order valence-corrected chi connectivity index (χ0v) is 23.0. The number of carboxylic acid groups (broad SMARTS) is 1. The van der Waals surface area contributed by atoms with E-state index in [1.807, 2.05) is 0 Å². The molecule has 2 rings (SSSR count). The fourth-order valence-corrected chi connectivity index (χ4v) is 4.87. The van der Waals surface area contributed by atoms with Gasteiger partial charge in [-0.05, 0) is 64.1 Å². The van der Waals surface area contributed by atoms with E-state index in [1.165, 1.54) is 11.0 Å². The van der Waals surface area contributed by atoms with Gasteiger partial charge in [0.1, 0.15) is 23.7 Å². The van der Waals surface area contributed by atoms with E-state index >= 15 is 4.39 Å². The third-order valence-corrected chi connectivity index (χ3v) is 7.66. The highest BCUT2D eigenvalue weighted by atomic mass is 32.2. The Bertz CT molecular complexity index is 1000. The summed E-state index contributed by atoms with van der Waals surface area (Å²) in [5.41, 5.74) is -1.50. The number of thioether (sulfide) groups is 1. The Morgan fingerprint density at radius 1 is 1.26 bits per heavy atom. The van der Waals surface area contributed by atoms with Gasteiger partial charge in [0.05, 0.1) is 4.91 Å². The molecule has 1 aromatic rings. The molecule has 1 atom stereocenters. The Labute approximate surface area is 206 Å². The standard InChI is InChI=1S/C24H35FN2O5SSi/c1-16-10-9-11-17(19(16)25)24(5)14-18(20(28)29)33-21(26-24)27(22(30)32-23(2,3)4)15-31-12-13-34(6,7)8/h9-11,14H,12-13,15H2,1-8H3,(H,28,29)/t24-/m0/s1. The maximum absolute atomic E-state index is 15.1. The Balaban J connectivity index is 2.50. The van der Waals surface area contributed by atoms with E-state index in [4.69, 9.17) is 9.47 Å². The Hall–Kier alpha value is -2.17. The number of amidine groups is 1. The van der Waals surface area contributed by atoms with Gasteiger partial charge < -0.3 is 14.6 Å². The Kier molecular flexibility index (Phi) is 8.76. The minimum Gasteiger partial charge on any atom is -0.477 e. The lowest BCUT2D eigenvalue weighted by Crippen LogP contribution is -2.43. The van der Waals surface area contributed by atoms with Crippen LogP contribution < -0.4 is 0 Å². The molecule has 0 aromatic heterocycles. The number of halogens is 1. The molecule has 7 nitrogen and oxygen atoms in total. The van der Waals surface area contributed by atoms with Crippen molar-refractivity contribution in [2.24, 2.45) is 4.99 Å². The van der Waals surface area contributed by atoms with Crippen LogP contribution >= 0.6 is 11.8 Å². The molecule has 0 radical (unpaired) electrons. The molecule has 0 aliphatic carbocycles. The third-order valence-electron chi connectivity index (χ3n) is 4.95. The van der Waals surface area contributed by atoms with E-state index in [0.29, 0.717) is 12.2 Å². The lowest BCUT2D eigenvalue weighted by Gasteiger charge is -2.33. The second kappa shape index (κ2) is 10.6. The number of aliphatic imine (C=N–C) groups is 1. The van der Waals surface area contributed by atoms with Gasteiger partial charge in [0, 0.05) is 20.2 Å². The zero-order valence-electron chi connectivity index (χ0n) is 21.2. The highest BCUT2D eigenvalue weighted by Gasteiger charge is 2.38. The fourth-order valence-electron chi connectivity index (χ4n) is 3.07. The minimum absolute atomic E-state index is 0.0657. The van der Waals surface area contributed by atoms with Gasteiger partial charge in [-0.1, -0.05) is 37.8 Å². The first-order valence-electron chi connectivity index (χ1n) is 11.1. The molecule has 0 unspecified atom stereocenters. The van der Waals surface area contributed by atoms with Crippen molar-refractivity contribution in [3.63, 3.8) is 0 Å². The van der Waals surface area contributed by atoms with Gasteiger partial charge >= 0.3 is 12.1 Å². The number of benzene rings is 1. The molecular weight excluding hydrogens is 475 g/mol. The smallest absolute Gasteiger partial charge is 0.418 e. The maximum atomic E-state index is 15.1. The van der Waals surface area contributed by atoms with Crippen molar-refractivity contribution < 1.29 is 28.6 Å². The van der Waals surface area contributed by atoms with E-state index in [9.17, 15) is 14.7 Å². The molecule has 0 spiro atoms. The summed E-state index contributed by atoms with van der Waals surface area (Å²) in [6.45, 7) is 15.4. The number of rotatable bonds is 7. The van der Waals surface area contributed by atoms with E-state index in [1.54, 1.807) is 52.8 Å². The van der Waals surface area contributed by atoms with Crippen LogP contribution in [0.2, 0.25) is 25.7 Å². The molecule has 0 saturated heterocycles. The van der Waals surface area contributed by atoms with Crippen molar-refractivity contribution in [2.75, 3.05) is 13.3 Å². The van der Waals surface area contributed by atoms with Crippen LogP contribution in [0.5, 0.6) is 0 Å². The van der Waals surface area contributed by atoms with Gasteiger partial charge in [0.25, 0.3) is 0 Å². The summed E-state index contributed by atoms with van der Waals surface area (Å²) in [7, 11) is -1.36. The first-order valence-corrected chi connectivity index (χ1v) is 15.6. The van der Waals surface area contributed by atoms with Crippen LogP contribution in [0.15, 0.2) is 34.2 Å². The first-order chi connectivity index (χ1) is 15.5.